The summed E-state index contributed by atoms with van der Waals surface area (Å²) in [4.78, 5) is 23.9. The van der Waals surface area contributed by atoms with Crippen LogP contribution >= 0.6 is 0 Å². The summed E-state index contributed by atoms with van der Waals surface area (Å²) in [5.74, 6) is -0.474. The third kappa shape index (κ3) is 4.35. The quantitative estimate of drug-likeness (QED) is 0.565. The maximum absolute atomic E-state index is 12.2. The molecule has 1 aromatic heterocycles. The van der Waals surface area contributed by atoms with Gasteiger partial charge in [0.15, 0.2) is 6.10 Å². The molecule has 5 nitrogen and oxygen atoms in total. The number of amides is 1. The van der Waals surface area contributed by atoms with Crippen LogP contribution in [0.5, 0.6) is 0 Å². The largest absolute Gasteiger partial charge is 0.465 e. The normalized spacial score (nSPS) is 12.2. The van der Waals surface area contributed by atoms with E-state index in [4.69, 9.17) is 9.15 Å². The second kappa shape index (κ2) is 7.49. The van der Waals surface area contributed by atoms with Gasteiger partial charge < -0.3 is 14.5 Å². The molecule has 1 amide bonds. The number of fused-ring (bicyclic) bond motifs is 1. The number of anilines is 1. The summed E-state index contributed by atoms with van der Waals surface area (Å²) in [6.07, 6.45) is 3.29. The van der Waals surface area contributed by atoms with Gasteiger partial charge in [-0.2, -0.15) is 0 Å². The van der Waals surface area contributed by atoms with E-state index in [1.165, 1.54) is 25.3 Å². The number of hydrogen-bond donors (Lipinski definition) is 1. The number of nitrogens with one attached hydrogen (secondary N) is 1. The van der Waals surface area contributed by atoms with Gasteiger partial charge in [0.2, 0.25) is 0 Å². The first-order chi connectivity index (χ1) is 12.1. The second-order valence-corrected chi connectivity index (χ2v) is 5.48. The fourth-order valence-corrected chi connectivity index (χ4v) is 2.31. The molecule has 25 heavy (non-hydrogen) atoms. The highest BCUT2D eigenvalue weighted by Gasteiger charge is 2.16. The minimum absolute atomic E-state index is 0.393. The lowest BCUT2D eigenvalue weighted by atomic mass is 10.1. The molecule has 0 saturated heterocycles. The lowest BCUT2D eigenvalue weighted by Gasteiger charge is -2.12. The molecule has 0 spiro atoms. The Morgan fingerprint density at radius 1 is 1.08 bits per heavy atom. The molecule has 0 unspecified atom stereocenters. The zero-order valence-electron chi connectivity index (χ0n) is 13.6. The van der Waals surface area contributed by atoms with Crippen molar-refractivity contribution in [3.8, 4) is 0 Å². The Morgan fingerprint density at radius 2 is 1.88 bits per heavy atom. The molecule has 126 valence electrons. The van der Waals surface area contributed by atoms with Gasteiger partial charge in [-0.25, -0.2) is 4.79 Å². The molecule has 1 heterocycles. The zero-order valence-corrected chi connectivity index (χ0v) is 13.6. The van der Waals surface area contributed by atoms with E-state index in [1.54, 1.807) is 12.1 Å². The van der Waals surface area contributed by atoms with Gasteiger partial charge in [-0.05, 0) is 48.0 Å². The van der Waals surface area contributed by atoms with Crippen molar-refractivity contribution >= 4 is 34.4 Å². The standard InChI is InChI=1S/C20H17NO4/c1-14(25-19(22)11-10-18-7-4-12-24-18)20(23)21-17-9-8-15-5-2-3-6-16(15)13-17/h2-14H,1H3,(H,21,23)/b11-10+/t14-/m1/s1. The van der Waals surface area contributed by atoms with Gasteiger partial charge in [-0.15, -0.1) is 0 Å². The topological polar surface area (TPSA) is 68.5 Å². The Labute approximate surface area is 144 Å². The molecule has 3 aromatic rings. The first-order valence-corrected chi connectivity index (χ1v) is 7.84. The first kappa shape index (κ1) is 16.5. The molecule has 0 bridgehead atoms. The number of rotatable bonds is 5. The molecule has 0 aliphatic carbocycles. The Kier molecular flexibility index (Phi) is 4.95. The SMILES string of the molecule is C[C@@H](OC(=O)/C=C/c1ccco1)C(=O)Nc1ccc2ccccc2c1. The van der Waals surface area contributed by atoms with Crippen molar-refractivity contribution in [2.75, 3.05) is 5.32 Å². The maximum Gasteiger partial charge on any atom is 0.331 e. The predicted molar refractivity (Wildman–Crippen MR) is 95.9 cm³/mol. The van der Waals surface area contributed by atoms with E-state index in [0.29, 0.717) is 11.4 Å². The van der Waals surface area contributed by atoms with Crippen molar-refractivity contribution in [2.45, 2.75) is 13.0 Å². The van der Waals surface area contributed by atoms with Crippen molar-refractivity contribution in [3.63, 3.8) is 0 Å². The van der Waals surface area contributed by atoms with Crippen LogP contribution in [0.25, 0.3) is 16.8 Å². The van der Waals surface area contributed by atoms with Gasteiger partial charge in [0, 0.05) is 11.8 Å². The summed E-state index contributed by atoms with van der Waals surface area (Å²) in [5, 5.41) is 4.86. The van der Waals surface area contributed by atoms with Gasteiger partial charge in [-0.1, -0.05) is 30.3 Å². The van der Waals surface area contributed by atoms with E-state index in [2.05, 4.69) is 5.32 Å². The van der Waals surface area contributed by atoms with Gasteiger partial charge in [0.05, 0.1) is 6.26 Å². The Morgan fingerprint density at radius 3 is 2.64 bits per heavy atom. The highest BCUT2D eigenvalue weighted by atomic mass is 16.5. The summed E-state index contributed by atoms with van der Waals surface area (Å²) < 4.78 is 10.2. The number of ether oxygens (including phenoxy) is 1. The van der Waals surface area contributed by atoms with Gasteiger partial charge in [0.25, 0.3) is 5.91 Å². The van der Waals surface area contributed by atoms with Gasteiger partial charge >= 0.3 is 5.97 Å². The smallest absolute Gasteiger partial charge is 0.331 e. The molecule has 1 atom stereocenters. The van der Waals surface area contributed by atoms with E-state index in [-0.39, 0.29) is 0 Å². The van der Waals surface area contributed by atoms with E-state index in [0.717, 1.165) is 10.8 Å². The molecular weight excluding hydrogens is 318 g/mol. The Bertz CT molecular complexity index is 912. The summed E-state index contributed by atoms with van der Waals surface area (Å²) in [5.41, 5.74) is 0.651. The van der Waals surface area contributed by atoms with Crippen LogP contribution in [-0.4, -0.2) is 18.0 Å². The van der Waals surface area contributed by atoms with E-state index >= 15 is 0 Å². The molecule has 0 radical (unpaired) electrons. The molecule has 3 rings (SSSR count). The minimum atomic E-state index is -0.916. The third-order valence-corrected chi connectivity index (χ3v) is 3.61. The van der Waals surface area contributed by atoms with Crippen molar-refractivity contribution < 1.29 is 18.7 Å². The average molecular weight is 335 g/mol. The fourth-order valence-electron chi connectivity index (χ4n) is 2.31. The number of hydrogen-bond acceptors (Lipinski definition) is 4. The van der Waals surface area contributed by atoms with Crippen LogP contribution in [0.3, 0.4) is 0 Å². The summed E-state index contributed by atoms with van der Waals surface area (Å²) in [6.45, 7) is 1.52. The highest BCUT2D eigenvalue weighted by Crippen LogP contribution is 2.19. The van der Waals surface area contributed by atoms with Crippen molar-refractivity contribution in [1.29, 1.82) is 0 Å². The molecule has 5 heteroatoms. The summed E-state index contributed by atoms with van der Waals surface area (Å²) in [6, 6.07) is 16.9. The third-order valence-electron chi connectivity index (χ3n) is 3.61. The number of carbonyl (C=O) groups excluding carboxylic acids is 2. The van der Waals surface area contributed by atoms with Crippen molar-refractivity contribution in [1.82, 2.24) is 0 Å². The zero-order chi connectivity index (χ0) is 17.6. The van der Waals surface area contributed by atoms with Crippen LogP contribution < -0.4 is 5.32 Å². The second-order valence-electron chi connectivity index (χ2n) is 5.48. The minimum Gasteiger partial charge on any atom is -0.465 e. The van der Waals surface area contributed by atoms with E-state index < -0.39 is 18.0 Å². The van der Waals surface area contributed by atoms with Crippen molar-refractivity contribution in [3.05, 3.63) is 72.7 Å². The highest BCUT2D eigenvalue weighted by molar-refractivity contribution is 5.98. The van der Waals surface area contributed by atoms with Crippen LogP contribution in [0.1, 0.15) is 12.7 Å². The molecule has 2 aromatic carbocycles. The van der Waals surface area contributed by atoms with Gasteiger partial charge in [-0.3, -0.25) is 4.79 Å². The molecule has 0 fully saturated rings. The lowest BCUT2D eigenvalue weighted by molar-refractivity contribution is -0.148. The molecule has 1 N–H and O–H groups in total. The average Bonchev–Trinajstić information content (AvgIpc) is 3.13. The molecule has 0 aliphatic rings. The molecule has 0 saturated carbocycles. The predicted octanol–water partition coefficient (Wildman–Crippen LogP) is 4.02. The first-order valence-electron chi connectivity index (χ1n) is 7.84. The summed E-state index contributed by atoms with van der Waals surface area (Å²) >= 11 is 0. The summed E-state index contributed by atoms with van der Waals surface area (Å²) in [7, 11) is 0. The molecule has 0 aliphatic heterocycles. The number of furan rings is 1. The maximum atomic E-state index is 12.2. The lowest BCUT2D eigenvalue weighted by Crippen LogP contribution is -2.29. The Hall–Kier alpha value is -3.34. The van der Waals surface area contributed by atoms with Crippen molar-refractivity contribution in [2.24, 2.45) is 0 Å². The fraction of sp³-hybridized carbons (Fsp3) is 0.100. The molecular formula is C20H17NO4. The monoisotopic (exact) mass is 335 g/mol. The Balaban J connectivity index is 1.58. The van der Waals surface area contributed by atoms with E-state index in [1.807, 2.05) is 42.5 Å². The van der Waals surface area contributed by atoms with E-state index in [9.17, 15) is 9.59 Å². The van der Waals surface area contributed by atoms with Crippen LogP contribution in [0.15, 0.2) is 71.4 Å². The van der Waals surface area contributed by atoms with Crippen LogP contribution in [0.4, 0.5) is 5.69 Å². The number of benzene rings is 2. The van der Waals surface area contributed by atoms with Crippen LogP contribution in [-0.2, 0) is 14.3 Å². The van der Waals surface area contributed by atoms with Crippen LogP contribution in [0.2, 0.25) is 0 Å². The number of carbonyl (C=O) groups is 2. The van der Waals surface area contributed by atoms with Crippen LogP contribution in [0, 0.1) is 0 Å². The van der Waals surface area contributed by atoms with Gasteiger partial charge in [0.1, 0.15) is 5.76 Å². The number of esters is 1.